The van der Waals surface area contributed by atoms with Gasteiger partial charge in [-0.2, -0.15) is 0 Å². The summed E-state index contributed by atoms with van der Waals surface area (Å²) in [4.78, 5) is 32.9. The maximum Gasteiger partial charge on any atom is 0.256 e. The van der Waals surface area contributed by atoms with E-state index in [0.29, 0.717) is 12.3 Å². The quantitative estimate of drug-likeness (QED) is 0.790. The second-order valence-corrected chi connectivity index (χ2v) is 6.93. The number of hydrogen-bond acceptors (Lipinski definition) is 4. The standard InChI is InChI=1S/C17H26N4O2/c1-12-18-15-7-9-21(8-6-14(15)17(23)20(12)3)11-13-4-5-16(22)19(2)10-13/h13H,4-11H2,1-3H3. The lowest BCUT2D eigenvalue weighted by atomic mass is 9.97. The van der Waals surface area contributed by atoms with Gasteiger partial charge in [0, 0.05) is 58.7 Å². The highest BCUT2D eigenvalue weighted by atomic mass is 16.2. The molecule has 1 unspecified atom stereocenters. The van der Waals surface area contributed by atoms with Crippen LogP contribution in [0.4, 0.5) is 0 Å². The lowest BCUT2D eigenvalue weighted by molar-refractivity contribution is -0.133. The first-order valence-electron chi connectivity index (χ1n) is 8.47. The van der Waals surface area contributed by atoms with E-state index in [1.165, 1.54) is 0 Å². The Labute approximate surface area is 137 Å². The molecule has 1 aromatic heterocycles. The highest BCUT2D eigenvalue weighted by molar-refractivity contribution is 5.76. The molecule has 6 heteroatoms. The summed E-state index contributed by atoms with van der Waals surface area (Å²) in [6, 6.07) is 0. The summed E-state index contributed by atoms with van der Waals surface area (Å²) >= 11 is 0. The molecule has 0 saturated carbocycles. The van der Waals surface area contributed by atoms with Crippen LogP contribution in [0.2, 0.25) is 0 Å². The molecule has 0 aromatic carbocycles. The summed E-state index contributed by atoms with van der Waals surface area (Å²) < 4.78 is 1.65. The number of piperidine rings is 1. The Balaban J connectivity index is 1.67. The van der Waals surface area contributed by atoms with Gasteiger partial charge in [-0.3, -0.25) is 14.2 Å². The third-order valence-corrected chi connectivity index (χ3v) is 5.28. The predicted octanol–water partition coefficient (Wildman–Crippen LogP) is 0.358. The maximum atomic E-state index is 12.4. The second-order valence-electron chi connectivity index (χ2n) is 6.93. The molecule has 126 valence electrons. The van der Waals surface area contributed by atoms with Crippen molar-refractivity contribution in [1.29, 1.82) is 0 Å². The van der Waals surface area contributed by atoms with Gasteiger partial charge in [0.2, 0.25) is 5.91 Å². The van der Waals surface area contributed by atoms with Crippen LogP contribution in [-0.2, 0) is 24.7 Å². The molecule has 0 spiro atoms. The van der Waals surface area contributed by atoms with Crippen molar-refractivity contribution in [2.75, 3.05) is 33.2 Å². The largest absolute Gasteiger partial charge is 0.345 e. The number of nitrogens with zero attached hydrogens (tertiary/aromatic N) is 4. The lowest BCUT2D eigenvalue weighted by Gasteiger charge is -2.33. The monoisotopic (exact) mass is 318 g/mol. The van der Waals surface area contributed by atoms with Crippen LogP contribution in [0.25, 0.3) is 0 Å². The molecule has 1 amide bonds. The number of aryl methyl sites for hydroxylation is 1. The van der Waals surface area contributed by atoms with E-state index in [1.807, 2.05) is 18.9 Å². The van der Waals surface area contributed by atoms with E-state index in [9.17, 15) is 9.59 Å². The lowest BCUT2D eigenvalue weighted by Crippen LogP contribution is -2.42. The molecule has 3 heterocycles. The number of aromatic nitrogens is 2. The minimum absolute atomic E-state index is 0.109. The molecule has 1 fully saturated rings. The van der Waals surface area contributed by atoms with Gasteiger partial charge in [0.25, 0.3) is 5.56 Å². The third kappa shape index (κ3) is 3.32. The van der Waals surface area contributed by atoms with Gasteiger partial charge in [-0.05, 0) is 25.7 Å². The van der Waals surface area contributed by atoms with Crippen LogP contribution in [0, 0.1) is 12.8 Å². The van der Waals surface area contributed by atoms with E-state index < -0.39 is 0 Å². The molecule has 0 aliphatic carbocycles. The van der Waals surface area contributed by atoms with E-state index in [4.69, 9.17) is 0 Å². The smallest absolute Gasteiger partial charge is 0.256 e. The molecule has 2 aliphatic heterocycles. The van der Waals surface area contributed by atoms with Crippen molar-refractivity contribution in [3.63, 3.8) is 0 Å². The number of carbonyl (C=O) groups excluding carboxylic acids is 1. The minimum atomic E-state index is 0.109. The van der Waals surface area contributed by atoms with Gasteiger partial charge in [-0.15, -0.1) is 0 Å². The first-order valence-corrected chi connectivity index (χ1v) is 8.47. The van der Waals surface area contributed by atoms with Gasteiger partial charge in [-0.25, -0.2) is 4.98 Å². The van der Waals surface area contributed by atoms with E-state index in [1.54, 1.807) is 11.6 Å². The number of carbonyl (C=O) groups is 1. The zero-order valence-corrected chi connectivity index (χ0v) is 14.3. The fourth-order valence-corrected chi connectivity index (χ4v) is 3.71. The molecule has 0 N–H and O–H groups in total. The molecule has 1 saturated heterocycles. The van der Waals surface area contributed by atoms with Crippen LogP contribution in [0.5, 0.6) is 0 Å². The van der Waals surface area contributed by atoms with Crippen molar-refractivity contribution in [2.45, 2.75) is 32.6 Å². The predicted molar refractivity (Wildman–Crippen MR) is 88.4 cm³/mol. The second kappa shape index (κ2) is 6.43. The molecule has 3 rings (SSSR count). The first kappa shape index (κ1) is 16.2. The van der Waals surface area contributed by atoms with E-state index >= 15 is 0 Å². The topological polar surface area (TPSA) is 58.4 Å². The Morgan fingerprint density at radius 2 is 1.87 bits per heavy atom. The Morgan fingerprint density at radius 3 is 2.61 bits per heavy atom. The van der Waals surface area contributed by atoms with Crippen LogP contribution in [0.3, 0.4) is 0 Å². The summed E-state index contributed by atoms with van der Waals surface area (Å²) in [7, 11) is 3.69. The summed E-state index contributed by atoms with van der Waals surface area (Å²) in [5, 5.41) is 0. The van der Waals surface area contributed by atoms with Crippen LogP contribution in [0.15, 0.2) is 4.79 Å². The summed E-state index contributed by atoms with van der Waals surface area (Å²) in [5.41, 5.74) is 1.97. The normalized spacial score (nSPS) is 22.8. The number of hydrogen-bond donors (Lipinski definition) is 0. The SMILES string of the molecule is Cc1nc2c(c(=O)n1C)CCN(CC1CCC(=O)N(C)C1)CC2. The van der Waals surface area contributed by atoms with Crippen molar-refractivity contribution in [1.82, 2.24) is 19.4 Å². The maximum absolute atomic E-state index is 12.4. The summed E-state index contributed by atoms with van der Waals surface area (Å²) in [6.45, 7) is 5.59. The van der Waals surface area contributed by atoms with Gasteiger partial charge in [0.1, 0.15) is 5.82 Å². The van der Waals surface area contributed by atoms with E-state index in [0.717, 1.165) is 62.5 Å². The molecule has 2 aliphatic rings. The highest BCUT2D eigenvalue weighted by Crippen LogP contribution is 2.19. The van der Waals surface area contributed by atoms with Crippen LogP contribution in [0.1, 0.15) is 29.9 Å². The van der Waals surface area contributed by atoms with Gasteiger partial charge in [-0.1, -0.05) is 0 Å². The van der Waals surface area contributed by atoms with Crippen molar-refractivity contribution < 1.29 is 4.79 Å². The molecule has 1 aromatic rings. The summed E-state index contributed by atoms with van der Waals surface area (Å²) in [6.07, 6.45) is 3.26. The first-order chi connectivity index (χ1) is 11.0. The Morgan fingerprint density at radius 1 is 1.13 bits per heavy atom. The van der Waals surface area contributed by atoms with Crippen molar-refractivity contribution >= 4 is 5.91 Å². The van der Waals surface area contributed by atoms with Gasteiger partial charge < -0.3 is 9.80 Å². The van der Waals surface area contributed by atoms with E-state index in [-0.39, 0.29) is 11.5 Å². The van der Waals surface area contributed by atoms with Crippen LogP contribution < -0.4 is 5.56 Å². The Kier molecular flexibility index (Phi) is 4.53. The average Bonchev–Trinajstić information content (AvgIpc) is 2.72. The van der Waals surface area contributed by atoms with Crippen LogP contribution >= 0.6 is 0 Å². The molecular weight excluding hydrogens is 292 g/mol. The van der Waals surface area contributed by atoms with Gasteiger partial charge >= 0.3 is 0 Å². The minimum Gasteiger partial charge on any atom is -0.345 e. The number of likely N-dealkylation sites (tertiary alicyclic amines) is 1. The number of rotatable bonds is 2. The number of amides is 1. The summed E-state index contributed by atoms with van der Waals surface area (Å²) in [5.74, 6) is 1.58. The van der Waals surface area contributed by atoms with Crippen molar-refractivity contribution in [3.05, 3.63) is 27.4 Å². The molecule has 1 atom stereocenters. The molecule has 0 bridgehead atoms. The van der Waals surface area contributed by atoms with Crippen LogP contribution in [-0.4, -0.2) is 58.5 Å². The van der Waals surface area contributed by atoms with Crippen molar-refractivity contribution in [2.24, 2.45) is 13.0 Å². The zero-order valence-electron chi connectivity index (χ0n) is 14.3. The fourth-order valence-electron chi connectivity index (χ4n) is 3.71. The van der Waals surface area contributed by atoms with Gasteiger partial charge in [0.05, 0.1) is 5.69 Å². The van der Waals surface area contributed by atoms with Gasteiger partial charge in [0.15, 0.2) is 0 Å². The van der Waals surface area contributed by atoms with Crippen molar-refractivity contribution in [3.8, 4) is 0 Å². The average molecular weight is 318 g/mol. The third-order valence-electron chi connectivity index (χ3n) is 5.28. The fraction of sp³-hybridized carbons (Fsp3) is 0.706. The number of fused-ring (bicyclic) bond motifs is 1. The van der Waals surface area contributed by atoms with E-state index in [2.05, 4.69) is 9.88 Å². The molecule has 0 radical (unpaired) electrons. The Bertz CT molecular complexity index is 667. The Hall–Kier alpha value is -1.69. The highest BCUT2D eigenvalue weighted by Gasteiger charge is 2.26. The molecular formula is C17H26N4O2. The molecule has 23 heavy (non-hydrogen) atoms. The zero-order chi connectivity index (χ0) is 16.6. The molecule has 6 nitrogen and oxygen atoms in total.